The fourth-order valence-electron chi connectivity index (χ4n) is 9.87. The summed E-state index contributed by atoms with van der Waals surface area (Å²) in [5.74, 6) is 0. The van der Waals surface area contributed by atoms with Crippen molar-refractivity contribution < 1.29 is 0 Å². The number of para-hydroxylation sites is 4. The number of nitrogens with zero attached hydrogens (tertiary/aromatic N) is 2. The molecule has 0 radical (unpaired) electrons. The van der Waals surface area contributed by atoms with E-state index >= 15 is 0 Å². The molecular weight excluding hydrogens is 713 g/mol. The van der Waals surface area contributed by atoms with Crippen LogP contribution < -0.4 is 9.80 Å². The predicted molar refractivity (Wildman–Crippen MR) is 250 cm³/mol. The Labute approximate surface area is 350 Å². The minimum atomic E-state index is -0.624. The maximum Gasteiger partial charge on any atom is 0.0783 e. The van der Waals surface area contributed by atoms with Gasteiger partial charge in [-0.25, -0.2) is 0 Å². The molecular formula is C57H50N2. The van der Waals surface area contributed by atoms with E-state index in [2.05, 4.69) is 245 Å². The van der Waals surface area contributed by atoms with Gasteiger partial charge in [-0.05, 0) is 103 Å². The van der Waals surface area contributed by atoms with Gasteiger partial charge in [0.05, 0.1) is 28.2 Å². The van der Waals surface area contributed by atoms with E-state index < -0.39 is 5.41 Å². The van der Waals surface area contributed by atoms with E-state index in [1.165, 1.54) is 78.4 Å². The van der Waals surface area contributed by atoms with Gasteiger partial charge in [-0.3, -0.25) is 0 Å². The van der Waals surface area contributed by atoms with Crippen LogP contribution in [0.25, 0.3) is 22.3 Å². The second-order valence-corrected chi connectivity index (χ2v) is 18.2. The van der Waals surface area contributed by atoms with Crippen molar-refractivity contribution in [1.82, 2.24) is 0 Å². The molecule has 0 aromatic heterocycles. The number of benzene rings is 8. The van der Waals surface area contributed by atoms with Gasteiger partial charge in [0, 0.05) is 11.4 Å². The Morgan fingerprint density at radius 3 is 1.00 bits per heavy atom. The maximum absolute atomic E-state index is 2.55. The molecule has 0 aliphatic carbocycles. The van der Waals surface area contributed by atoms with Crippen molar-refractivity contribution in [3.05, 3.63) is 228 Å². The summed E-state index contributed by atoms with van der Waals surface area (Å²) >= 11 is 0. The fourth-order valence-corrected chi connectivity index (χ4v) is 9.87. The lowest BCUT2D eigenvalue weighted by molar-refractivity contribution is 0.582. The largest absolute Gasteiger partial charge is 0.310 e. The van der Waals surface area contributed by atoms with E-state index in [9.17, 15) is 0 Å². The van der Waals surface area contributed by atoms with Crippen LogP contribution in [-0.2, 0) is 16.2 Å². The minimum absolute atomic E-state index is 0.141. The van der Waals surface area contributed by atoms with Crippen LogP contribution in [0.2, 0.25) is 0 Å². The molecule has 2 aliphatic heterocycles. The van der Waals surface area contributed by atoms with Crippen molar-refractivity contribution in [2.24, 2.45) is 0 Å². The Bertz CT molecular complexity index is 2620. The molecule has 8 aromatic rings. The lowest BCUT2D eigenvalue weighted by Crippen LogP contribution is -2.43. The Balaban J connectivity index is 1.29. The van der Waals surface area contributed by atoms with Crippen molar-refractivity contribution in [1.29, 1.82) is 0 Å². The van der Waals surface area contributed by atoms with E-state index in [-0.39, 0.29) is 10.8 Å². The second-order valence-electron chi connectivity index (χ2n) is 18.2. The van der Waals surface area contributed by atoms with Crippen molar-refractivity contribution in [3.8, 4) is 22.3 Å². The normalized spacial score (nSPS) is 14.0. The van der Waals surface area contributed by atoms with Gasteiger partial charge in [-0.1, -0.05) is 199 Å². The molecule has 0 bridgehead atoms. The molecule has 0 N–H and O–H groups in total. The quantitative estimate of drug-likeness (QED) is 0.176. The standard InChI is InChI=1S/C57H50N2/c1-55(2,3)47-25-17-27-49-53(47)58(43-35-31-41(32-36-43)39-19-9-7-10-20-39)51-29-15-13-23-45(51)57(49)46-24-14-16-30-52(46)59(54-48(56(4,5)6)26-18-28-50(54)57)44-37-33-42(34-38-44)40-21-11-8-12-22-40/h7-38H,1-6H3. The summed E-state index contributed by atoms with van der Waals surface area (Å²) in [4.78, 5) is 5.10. The van der Waals surface area contributed by atoms with Crippen LogP contribution in [0.4, 0.5) is 34.1 Å². The van der Waals surface area contributed by atoms with Gasteiger partial charge in [0.2, 0.25) is 0 Å². The summed E-state index contributed by atoms with van der Waals surface area (Å²) in [5.41, 5.74) is 19.0. The SMILES string of the molecule is CC(C)(C)c1cccc2c1N(c1ccc(-c3ccccc3)cc1)c1ccccc1C21c2ccccc2N(c2ccc(-c3ccccc3)cc2)c2c(C(C)(C)C)cccc21. The monoisotopic (exact) mass is 762 g/mol. The summed E-state index contributed by atoms with van der Waals surface area (Å²) < 4.78 is 0. The highest BCUT2D eigenvalue weighted by molar-refractivity contribution is 5.98. The molecule has 0 atom stereocenters. The summed E-state index contributed by atoms with van der Waals surface area (Å²) in [6.07, 6.45) is 0. The van der Waals surface area contributed by atoms with Crippen LogP contribution in [-0.4, -0.2) is 0 Å². The zero-order valence-corrected chi connectivity index (χ0v) is 34.9. The van der Waals surface area contributed by atoms with Crippen LogP contribution in [0, 0.1) is 0 Å². The molecule has 2 heteroatoms. The molecule has 0 amide bonds. The Morgan fingerprint density at radius 1 is 0.305 bits per heavy atom. The average molecular weight is 763 g/mol. The number of anilines is 6. The van der Waals surface area contributed by atoms with Crippen LogP contribution in [0.5, 0.6) is 0 Å². The van der Waals surface area contributed by atoms with E-state index in [0.29, 0.717) is 0 Å². The van der Waals surface area contributed by atoms with Crippen molar-refractivity contribution in [3.63, 3.8) is 0 Å². The zero-order chi connectivity index (χ0) is 40.5. The van der Waals surface area contributed by atoms with E-state index in [1.807, 2.05) is 0 Å². The first-order chi connectivity index (χ1) is 28.6. The van der Waals surface area contributed by atoms with Gasteiger partial charge < -0.3 is 9.80 Å². The average Bonchev–Trinajstić information content (AvgIpc) is 3.26. The molecule has 59 heavy (non-hydrogen) atoms. The van der Waals surface area contributed by atoms with Crippen LogP contribution in [0.3, 0.4) is 0 Å². The summed E-state index contributed by atoms with van der Waals surface area (Å²) in [6, 6.07) is 72.2. The molecule has 0 fully saturated rings. The molecule has 2 aliphatic rings. The Morgan fingerprint density at radius 2 is 0.627 bits per heavy atom. The Kier molecular flexibility index (Phi) is 8.54. The number of fused-ring (bicyclic) bond motifs is 8. The number of rotatable bonds is 4. The van der Waals surface area contributed by atoms with Crippen molar-refractivity contribution in [2.75, 3.05) is 9.80 Å². The van der Waals surface area contributed by atoms with Gasteiger partial charge >= 0.3 is 0 Å². The second kappa shape index (κ2) is 13.7. The van der Waals surface area contributed by atoms with Crippen molar-refractivity contribution in [2.45, 2.75) is 57.8 Å². The highest BCUT2D eigenvalue weighted by Gasteiger charge is 2.53. The molecule has 10 rings (SSSR count). The molecule has 2 nitrogen and oxygen atoms in total. The highest BCUT2D eigenvalue weighted by atomic mass is 15.2. The predicted octanol–water partition coefficient (Wildman–Crippen LogP) is 15.6. The molecule has 0 saturated heterocycles. The minimum Gasteiger partial charge on any atom is -0.310 e. The Hall–Kier alpha value is -6.64. The third-order valence-corrected chi connectivity index (χ3v) is 12.5. The molecule has 0 saturated carbocycles. The lowest BCUT2D eigenvalue weighted by atomic mass is 9.58. The third kappa shape index (κ3) is 5.76. The summed E-state index contributed by atoms with van der Waals surface area (Å²) in [5, 5.41) is 0. The first-order valence-electron chi connectivity index (χ1n) is 20.9. The van der Waals surface area contributed by atoms with E-state index in [1.54, 1.807) is 0 Å². The smallest absolute Gasteiger partial charge is 0.0783 e. The molecule has 8 aromatic carbocycles. The van der Waals surface area contributed by atoms with Gasteiger partial charge in [0.25, 0.3) is 0 Å². The number of hydrogen-bond donors (Lipinski definition) is 0. The van der Waals surface area contributed by atoms with Crippen LogP contribution >= 0.6 is 0 Å². The number of hydrogen-bond acceptors (Lipinski definition) is 2. The molecule has 2 heterocycles. The summed E-state index contributed by atoms with van der Waals surface area (Å²) in [7, 11) is 0. The first kappa shape index (κ1) is 36.7. The third-order valence-electron chi connectivity index (χ3n) is 12.5. The first-order valence-corrected chi connectivity index (χ1v) is 20.9. The summed E-state index contributed by atoms with van der Waals surface area (Å²) in [6.45, 7) is 14.1. The van der Waals surface area contributed by atoms with Crippen LogP contribution in [0.15, 0.2) is 194 Å². The molecule has 0 unspecified atom stereocenters. The fraction of sp³-hybridized carbons (Fsp3) is 0.158. The van der Waals surface area contributed by atoms with Gasteiger partial charge in [0.15, 0.2) is 0 Å². The van der Waals surface area contributed by atoms with E-state index in [4.69, 9.17) is 0 Å². The van der Waals surface area contributed by atoms with Gasteiger partial charge in [-0.15, -0.1) is 0 Å². The van der Waals surface area contributed by atoms with Gasteiger partial charge in [0.1, 0.15) is 0 Å². The van der Waals surface area contributed by atoms with Crippen LogP contribution in [0.1, 0.15) is 74.9 Å². The lowest BCUT2D eigenvalue weighted by Gasteiger charge is -2.53. The zero-order valence-electron chi connectivity index (χ0n) is 34.9. The van der Waals surface area contributed by atoms with E-state index in [0.717, 1.165) is 11.4 Å². The highest BCUT2D eigenvalue weighted by Crippen LogP contribution is 2.66. The van der Waals surface area contributed by atoms with Crippen molar-refractivity contribution >= 4 is 34.1 Å². The molecule has 288 valence electrons. The molecule has 1 spiro atoms. The topological polar surface area (TPSA) is 6.48 Å². The van der Waals surface area contributed by atoms with Gasteiger partial charge in [-0.2, -0.15) is 0 Å². The maximum atomic E-state index is 2.55.